The highest BCUT2D eigenvalue weighted by Crippen LogP contribution is 2.48. The van der Waals surface area contributed by atoms with E-state index in [0.717, 1.165) is 6.42 Å². The van der Waals surface area contributed by atoms with Gasteiger partial charge in [0, 0.05) is 6.61 Å². The summed E-state index contributed by atoms with van der Waals surface area (Å²) in [5.74, 6) is 0. The molecule has 0 spiro atoms. The normalized spacial score (nSPS) is 19.3. The summed E-state index contributed by atoms with van der Waals surface area (Å²) < 4.78 is 0. The summed E-state index contributed by atoms with van der Waals surface area (Å²) in [5, 5.41) is 8.81. The van der Waals surface area contributed by atoms with Crippen molar-refractivity contribution in [2.24, 2.45) is 5.41 Å². The van der Waals surface area contributed by atoms with Crippen LogP contribution >= 0.6 is 0 Å². The zero-order valence-electron chi connectivity index (χ0n) is 8.97. The predicted molar refractivity (Wildman–Crippen MR) is 56.7 cm³/mol. The van der Waals surface area contributed by atoms with Crippen LogP contribution in [-0.2, 0) is 0 Å². The molecule has 1 rings (SSSR count). The van der Waals surface area contributed by atoms with Crippen LogP contribution < -0.4 is 0 Å². The molecule has 1 N–H and O–H groups in total. The lowest BCUT2D eigenvalue weighted by Gasteiger charge is -2.41. The fraction of sp³-hybridized carbons (Fsp3) is 0.833. The Morgan fingerprint density at radius 3 is 2.46 bits per heavy atom. The molecule has 1 heteroatoms. The van der Waals surface area contributed by atoms with Crippen LogP contribution in [0, 0.1) is 5.41 Å². The smallest absolute Gasteiger partial charge is 0.0431 e. The van der Waals surface area contributed by atoms with E-state index in [4.69, 9.17) is 5.11 Å². The van der Waals surface area contributed by atoms with Crippen molar-refractivity contribution in [1.29, 1.82) is 0 Å². The standard InChI is InChI=1S/C12H22O/c1-11(2)5-9-12(6-3-7-12)8-4-10-13/h5,13H,3-4,6-10H2,1-2H3. The summed E-state index contributed by atoms with van der Waals surface area (Å²) >= 11 is 0. The van der Waals surface area contributed by atoms with Gasteiger partial charge in [0.25, 0.3) is 0 Å². The molecule has 1 saturated carbocycles. The summed E-state index contributed by atoms with van der Waals surface area (Å²) in [6.07, 6.45) is 9.92. The van der Waals surface area contributed by atoms with Gasteiger partial charge in [-0.2, -0.15) is 0 Å². The van der Waals surface area contributed by atoms with E-state index >= 15 is 0 Å². The van der Waals surface area contributed by atoms with E-state index in [1.165, 1.54) is 37.7 Å². The van der Waals surface area contributed by atoms with Crippen molar-refractivity contribution >= 4 is 0 Å². The Labute approximate surface area is 81.9 Å². The molecular weight excluding hydrogens is 160 g/mol. The van der Waals surface area contributed by atoms with E-state index in [-0.39, 0.29) is 0 Å². The van der Waals surface area contributed by atoms with Gasteiger partial charge in [-0.05, 0) is 51.4 Å². The molecule has 0 aromatic rings. The van der Waals surface area contributed by atoms with Gasteiger partial charge in [-0.25, -0.2) is 0 Å². The Kier molecular flexibility index (Phi) is 3.98. The van der Waals surface area contributed by atoms with E-state index in [9.17, 15) is 0 Å². The highest BCUT2D eigenvalue weighted by atomic mass is 16.2. The number of rotatable bonds is 5. The maximum atomic E-state index is 8.81. The molecule has 1 nitrogen and oxygen atoms in total. The van der Waals surface area contributed by atoms with Gasteiger partial charge >= 0.3 is 0 Å². The summed E-state index contributed by atoms with van der Waals surface area (Å²) in [7, 11) is 0. The summed E-state index contributed by atoms with van der Waals surface area (Å²) in [6.45, 7) is 4.69. The van der Waals surface area contributed by atoms with Crippen molar-refractivity contribution in [3.8, 4) is 0 Å². The van der Waals surface area contributed by atoms with Gasteiger partial charge in [-0.1, -0.05) is 18.1 Å². The largest absolute Gasteiger partial charge is 0.396 e. The number of hydrogen-bond acceptors (Lipinski definition) is 1. The number of aliphatic hydroxyl groups excluding tert-OH is 1. The van der Waals surface area contributed by atoms with Crippen LogP contribution in [0.3, 0.4) is 0 Å². The zero-order chi connectivity index (χ0) is 9.73. The van der Waals surface area contributed by atoms with Gasteiger partial charge in [0.05, 0.1) is 0 Å². The van der Waals surface area contributed by atoms with Gasteiger partial charge < -0.3 is 5.11 Å². The van der Waals surface area contributed by atoms with Gasteiger partial charge in [-0.15, -0.1) is 0 Å². The van der Waals surface area contributed by atoms with Crippen molar-refractivity contribution in [3.05, 3.63) is 11.6 Å². The molecule has 1 fully saturated rings. The van der Waals surface area contributed by atoms with Crippen molar-refractivity contribution in [2.45, 2.75) is 52.4 Å². The first-order valence-corrected chi connectivity index (χ1v) is 5.43. The first-order valence-electron chi connectivity index (χ1n) is 5.43. The van der Waals surface area contributed by atoms with Crippen LogP contribution in [0.1, 0.15) is 52.4 Å². The first-order chi connectivity index (χ1) is 6.18. The highest BCUT2D eigenvalue weighted by Gasteiger charge is 2.34. The lowest BCUT2D eigenvalue weighted by molar-refractivity contribution is 0.108. The van der Waals surface area contributed by atoms with Crippen molar-refractivity contribution in [3.63, 3.8) is 0 Å². The zero-order valence-corrected chi connectivity index (χ0v) is 8.97. The number of allylic oxidation sites excluding steroid dienone is 2. The van der Waals surface area contributed by atoms with Crippen molar-refractivity contribution < 1.29 is 5.11 Å². The summed E-state index contributed by atoms with van der Waals surface area (Å²) in [4.78, 5) is 0. The van der Waals surface area contributed by atoms with Crippen molar-refractivity contribution in [1.82, 2.24) is 0 Å². The molecular formula is C12H22O. The average molecular weight is 182 g/mol. The van der Waals surface area contributed by atoms with Gasteiger partial charge in [-0.3, -0.25) is 0 Å². The molecule has 0 atom stereocenters. The average Bonchev–Trinajstić information content (AvgIpc) is 2.02. The van der Waals surface area contributed by atoms with Crippen LogP contribution in [0.25, 0.3) is 0 Å². The predicted octanol–water partition coefficient (Wildman–Crippen LogP) is 3.29. The van der Waals surface area contributed by atoms with Gasteiger partial charge in [0.1, 0.15) is 0 Å². The molecule has 0 aromatic heterocycles. The van der Waals surface area contributed by atoms with E-state index < -0.39 is 0 Å². The number of aliphatic hydroxyl groups is 1. The van der Waals surface area contributed by atoms with Gasteiger partial charge in [0.15, 0.2) is 0 Å². The molecule has 0 bridgehead atoms. The molecule has 76 valence electrons. The monoisotopic (exact) mass is 182 g/mol. The topological polar surface area (TPSA) is 20.2 Å². The summed E-state index contributed by atoms with van der Waals surface area (Å²) in [5.41, 5.74) is 2.00. The maximum absolute atomic E-state index is 8.81. The lowest BCUT2D eigenvalue weighted by Crippen LogP contribution is -2.29. The minimum atomic E-state index is 0.358. The second-order valence-electron chi connectivity index (χ2n) is 4.67. The Bertz CT molecular complexity index is 174. The van der Waals surface area contributed by atoms with Gasteiger partial charge in [0.2, 0.25) is 0 Å². The Morgan fingerprint density at radius 1 is 1.38 bits per heavy atom. The SMILES string of the molecule is CC(C)=CCC1(CCCO)CCC1. The molecule has 0 heterocycles. The lowest BCUT2D eigenvalue weighted by atomic mass is 9.64. The third kappa shape index (κ3) is 3.15. The fourth-order valence-corrected chi connectivity index (χ4v) is 2.11. The highest BCUT2D eigenvalue weighted by molar-refractivity contribution is 5.00. The third-order valence-corrected chi connectivity index (χ3v) is 3.22. The Morgan fingerprint density at radius 2 is 2.08 bits per heavy atom. The molecule has 0 aliphatic heterocycles. The number of hydrogen-bond donors (Lipinski definition) is 1. The second-order valence-corrected chi connectivity index (χ2v) is 4.67. The molecule has 0 unspecified atom stereocenters. The Hall–Kier alpha value is -0.300. The fourth-order valence-electron chi connectivity index (χ4n) is 2.11. The van der Waals surface area contributed by atoms with E-state index in [1.54, 1.807) is 0 Å². The quantitative estimate of drug-likeness (QED) is 0.647. The first kappa shape index (κ1) is 10.8. The molecule has 0 aromatic carbocycles. The van der Waals surface area contributed by atoms with E-state index in [1.807, 2.05) is 0 Å². The van der Waals surface area contributed by atoms with E-state index in [0.29, 0.717) is 12.0 Å². The minimum absolute atomic E-state index is 0.358. The molecule has 13 heavy (non-hydrogen) atoms. The second kappa shape index (κ2) is 4.80. The minimum Gasteiger partial charge on any atom is -0.396 e. The maximum Gasteiger partial charge on any atom is 0.0431 e. The molecule has 1 aliphatic carbocycles. The molecule has 0 radical (unpaired) electrons. The van der Waals surface area contributed by atoms with Crippen LogP contribution in [-0.4, -0.2) is 11.7 Å². The Balaban J connectivity index is 2.35. The van der Waals surface area contributed by atoms with Crippen LogP contribution in [0.15, 0.2) is 11.6 Å². The van der Waals surface area contributed by atoms with Crippen molar-refractivity contribution in [2.75, 3.05) is 6.61 Å². The van der Waals surface area contributed by atoms with Crippen LogP contribution in [0.2, 0.25) is 0 Å². The van der Waals surface area contributed by atoms with Crippen LogP contribution in [0.4, 0.5) is 0 Å². The van der Waals surface area contributed by atoms with E-state index in [2.05, 4.69) is 19.9 Å². The van der Waals surface area contributed by atoms with Crippen LogP contribution in [0.5, 0.6) is 0 Å². The molecule has 0 saturated heterocycles. The third-order valence-electron chi connectivity index (χ3n) is 3.22. The molecule has 0 amide bonds. The summed E-state index contributed by atoms with van der Waals surface area (Å²) in [6, 6.07) is 0. The molecule has 1 aliphatic rings.